The second-order valence-corrected chi connectivity index (χ2v) is 6.84. The predicted octanol–water partition coefficient (Wildman–Crippen LogP) is 2.26. The minimum Gasteiger partial charge on any atom is -0.495 e. The number of benzene rings is 2. The molecular formula is C20H16ClN3O5. The first kappa shape index (κ1) is 18.9. The van der Waals surface area contributed by atoms with Crippen LogP contribution in [0.4, 0.5) is 11.4 Å². The second kappa shape index (κ2) is 7.21. The Morgan fingerprint density at radius 2 is 1.72 bits per heavy atom. The Labute approximate surface area is 171 Å². The number of carbonyl (C=O) groups is 3. The molecule has 2 aliphatic rings. The zero-order valence-corrected chi connectivity index (χ0v) is 16.3. The number of hydrogen-bond donors (Lipinski definition) is 0. The molecule has 0 unspecified atom stereocenters. The van der Waals surface area contributed by atoms with Gasteiger partial charge in [0.2, 0.25) is 5.91 Å². The molecule has 0 saturated carbocycles. The van der Waals surface area contributed by atoms with Crippen molar-refractivity contribution in [3.63, 3.8) is 0 Å². The lowest BCUT2D eigenvalue weighted by Gasteiger charge is -2.23. The van der Waals surface area contributed by atoms with Gasteiger partial charge in [0.05, 0.1) is 19.9 Å². The Morgan fingerprint density at radius 3 is 2.38 bits per heavy atom. The van der Waals surface area contributed by atoms with E-state index in [1.165, 1.54) is 19.2 Å². The number of ether oxygens (including phenoxy) is 2. The third-order valence-electron chi connectivity index (χ3n) is 4.86. The highest BCUT2D eigenvalue weighted by Crippen LogP contribution is 2.41. The zero-order chi connectivity index (χ0) is 20.7. The quantitative estimate of drug-likeness (QED) is 0.564. The molecule has 2 aromatic carbocycles. The number of methoxy groups -OCH3 is 2. The van der Waals surface area contributed by atoms with Crippen molar-refractivity contribution < 1.29 is 23.9 Å². The average molecular weight is 414 g/mol. The molecule has 2 aromatic rings. The molecule has 9 heteroatoms. The highest BCUT2D eigenvalue weighted by atomic mass is 35.5. The third kappa shape index (κ3) is 2.92. The highest BCUT2D eigenvalue weighted by molar-refractivity contribution is 6.47. The summed E-state index contributed by atoms with van der Waals surface area (Å²) in [5.41, 5.74) is 0.698. The van der Waals surface area contributed by atoms with Gasteiger partial charge in [-0.2, -0.15) is 5.10 Å². The summed E-state index contributed by atoms with van der Waals surface area (Å²) < 4.78 is 10.2. The maximum atomic E-state index is 13.3. The van der Waals surface area contributed by atoms with E-state index in [9.17, 15) is 14.4 Å². The fourth-order valence-electron chi connectivity index (χ4n) is 3.55. The molecule has 29 heavy (non-hydrogen) atoms. The molecule has 1 fully saturated rings. The van der Waals surface area contributed by atoms with Gasteiger partial charge >= 0.3 is 5.97 Å². The Morgan fingerprint density at radius 1 is 1.03 bits per heavy atom. The normalized spacial score (nSPS) is 20.6. The van der Waals surface area contributed by atoms with Crippen LogP contribution < -0.4 is 14.6 Å². The molecule has 8 nitrogen and oxygen atoms in total. The van der Waals surface area contributed by atoms with Crippen LogP contribution >= 0.6 is 11.6 Å². The van der Waals surface area contributed by atoms with Gasteiger partial charge in [0.15, 0.2) is 5.71 Å². The van der Waals surface area contributed by atoms with Gasteiger partial charge < -0.3 is 9.47 Å². The fourth-order valence-corrected chi connectivity index (χ4v) is 3.68. The number of hydrogen-bond acceptors (Lipinski definition) is 7. The first-order chi connectivity index (χ1) is 14.0. The fraction of sp³-hybridized carbons (Fsp3) is 0.200. The SMILES string of the molecule is COC(=O)C1=NN(c2ccccc2OC)[C@@H]2C(=O)N(c3ccc(Cl)cc3)C(=O)[C@@H]12. The topological polar surface area (TPSA) is 88.5 Å². The van der Waals surface area contributed by atoms with Crippen LogP contribution in [0.5, 0.6) is 5.75 Å². The van der Waals surface area contributed by atoms with Crippen LogP contribution in [0.15, 0.2) is 53.6 Å². The van der Waals surface area contributed by atoms with Gasteiger partial charge in [0.1, 0.15) is 23.4 Å². The third-order valence-corrected chi connectivity index (χ3v) is 5.11. The van der Waals surface area contributed by atoms with E-state index in [1.807, 2.05) is 0 Å². The molecule has 0 N–H and O–H groups in total. The van der Waals surface area contributed by atoms with E-state index >= 15 is 0 Å². The molecule has 1 saturated heterocycles. The van der Waals surface area contributed by atoms with E-state index in [-0.39, 0.29) is 5.71 Å². The summed E-state index contributed by atoms with van der Waals surface area (Å²) in [6.45, 7) is 0. The van der Waals surface area contributed by atoms with Crippen molar-refractivity contribution in [3.05, 3.63) is 53.6 Å². The molecule has 0 aliphatic carbocycles. The zero-order valence-electron chi connectivity index (χ0n) is 15.5. The molecule has 0 aromatic heterocycles. The van der Waals surface area contributed by atoms with E-state index < -0.39 is 29.7 Å². The summed E-state index contributed by atoms with van der Waals surface area (Å²) in [7, 11) is 2.68. The van der Waals surface area contributed by atoms with Crippen molar-refractivity contribution in [3.8, 4) is 5.75 Å². The maximum absolute atomic E-state index is 13.3. The summed E-state index contributed by atoms with van der Waals surface area (Å²) in [5, 5.41) is 6.10. The van der Waals surface area contributed by atoms with Crippen LogP contribution in [0.3, 0.4) is 0 Å². The molecule has 2 aliphatic heterocycles. The second-order valence-electron chi connectivity index (χ2n) is 6.40. The minimum atomic E-state index is -1.09. The molecule has 2 heterocycles. The van der Waals surface area contributed by atoms with E-state index in [4.69, 9.17) is 21.1 Å². The number of amides is 2. The van der Waals surface area contributed by atoms with Crippen LogP contribution in [-0.4, -0.2) is 43.8 Å². The van der Waals surface area contributed by atoms with Crippen molar-refractivity contribution in [2.45, 2.75) is 6.04 Å². The molecule has 0 radical (unpaired) electrons. The largest absolute Gasteiger partial charge is 0.495 e. The highest BCUT2D eigenvalue weighted by Gasteiger charge is 2.59. The maximum Gasteiger partial charge on any atom is 0.355 e. The lowest BCUT2D eigenvalue weighted by molar-refractivity contribution is -0.133. The number of carbonyl (C=O) groups excluding carboxylic acids is 3. The average Bonchev–Trinajstić information content (AvgIpc) is 3.25. The number of para-hydroxylation sites is 2. The number of hydrazone groups is 1. The van der Waals surface area contributed by atoms with E-state index in [0.717, 1.165) is 4.90 Å². The standard InChI is InChI=1S/C20H16ClN3O5/c1-28-14-6-4-3-5-13(14)24-17-15(16(22-24)20(27)29-2)18(25)23(19(17)26)12-9-7-11(21)8-10-12/h3-10,15,17H,1-2H3/t15-,17-/m0/s1. The van der Waals surface area contributed by atoms with E-state index in [2.05, 4.69) is 5.10 Å². The van der Waals surface area contributed by atoms with Crippen molar-refractivity contribution in [1.82, 2.24) is 0 Å². The Hall–Kier alpha value is -3.39. The number of imide groups is 1. The number of esters is 1. The summed E-state index contributed by atoms with van der Waals surface area (Å²) in [4.78, 5) is 39.8. The molecule has 4 rings (SSSR count). The number of anilines is 2. The summed E-state index contributed by atoms with van der Waals surface area (Å²) in [6.07, 6.45) is 0. The molecule has 2 atom stereocenters. The van der Waals surface area contributed by atoms with Gasteiger partial charge in [-0.1, -0.05) is 23.7 Å². The number of fused-ring (bicyclic) bond motifs is 1. The number of halogens is 1. The Bertz CT molecular complexity index is 1040. The number of rotatable bonds is 4. The first-order valence-electron chi connectivity index (χ1n) is 8.70. The van der Waals surface area contributed by atoms with E-state index in [1.54, 1.807) is 48.5 Å². The molecule has 148 valence electrons. The van der Waals surface area contributed by atoms with E-state index in [0.29, 0.717) is 22.1 Å². The van der Waals surface area contributed by atoms with Crippen molar-refractivity contribution >= 4 is 46.5 Å². The van der Waals surface area contributed by atoms with Crippen LogP contribution in [0.25, 0.3) is 0 Å². The van der Waals surface area contributed by atoms with Crippen molar-refractivity contribution in [1.29, 1.82) is 0 Å². The van der Waals surface area contributed by atoms with Crippen LogP contribution in [0, 0.1) is 5.92 Å². The summed E-state index contributed by atoms with van der Waals surface area (Å²) >= 11 is 5.92. The monoisotopic (exact) mass is 413 g/mol. The molecular weight excluding hydrogens is 398 g/mol. The van der Waals surface area contributed by atoms with Crippen molar-refractivity contribution in [2.75, 3.05) is 24.1 Å². The predicted molar refractivity (Wildman–Crippen MR) is 106 cm³/mol. The van der Waals surface area contributed by atoms with Gasteiger partial charge in [-0.15, -0.1) is 0 Å². The number of nitrogens with zero attached hydrogens (tertiary/aromatic N) is 3. The first-order valence-corrected chi connectivity index (χ1v) is 9.08. The van der Waals surface area contributed by atoms with Crippen LogP contribution in [0.2, 0.25) is 5.02 Å². The lowest BCUT2D eigenvalue weighted by Crippen LogP contribution is -2.39. The smallest absolute Gasteiger partial charge is 0.355 e. The molecule has 0 spiro atoms. The Balaban J connectivity index is 1.83. The van der Waals surface area contributed by atoms with Gasteiger partial charge in [-0.3, -0.25) is 9.59 Å². The Kier molecular flexibility index (Phi) is 4.71. The van der Waals surface area contributed by atoms with Crippen molar-refractivity contribution in [2.24, 2.45) is 11.0 Å². The minimum absolute atomic E-state index is 0.127. The van der Waals surface area contributed by atoms with Gasteiger partial charge in [-0.25, -0.2) is 14.7 Å². The van der Waals surface area contributed by atoms with Gasteiger partial charge in [0.25, 0.3) is 5.91 Å². The molecule has 0 bridgehead atoms. The molecule has 2 amide bonds. The lowest BCUT2D eigenvalue weighted by atomic mass is 9.97. The van der Waals surface area contributed by atoms with Crippen LogP contribution in [0.1, 0.15) is 0 Å². The summed E-state index contributed by atoms with van der Waals surface area (Å²) in [5.74, 6) is -2.46. The summed E-state index contributed by atoms with van der Waals surface area (Å²) in [6, 6.07) is 12.2. The van der Waals surface area contributed by atoms with Crippen LogP contribution in [-0.2, 0) is 19.1 Å². The van der Waals surface area contributed by atoms with Gasteiger partial charge in [-0.05, 0) is 36.4 Å². The van der Waals surface area contributed by atoms with Gasteiger partial charge in [0, 0.05) is 5.02 Å².